The van der Waals surface area contributed by atoms with Gasteiger partial charge in [-0.15, -0.1) is 0 Å². The molecule has 158 valence electrons. The Labute approximate surface area is 172 Å². The van der Waals surface area contributed by atoms with E-state index in [1.165, 1.54) is 4.90 Å². The molecule has 1 aromatic heterocycles. The predicted molar refractivity (Wildman–Crippen MR) is 111 cm³/mol. The summed E-state index contributed by atoms with van der Waals surface area (Å²) in [4.78, 5) is 31.9. The van der Waals surface area contributed by atoms with Crippen LogP contribution in [-0.4, -0.2) is 27.8 Å². The zero-order valence-corrected chi connectivity index (χ0v) is 17.3. The fraction of sp³-hybridized carbons (Fsp3) is 0.318. The van der Waals surface area contributed by atoms with Gasteiger partial charge < -0.3 is 4.74 Å². The molecule has 0 aliphatic carbocycles. The molecule has 0 N–H and O–H groups in total. The fourth-order valence-electron chi connectivity index (χ4n) is 3.02. The summed E-state index contributed by atoms with van der Waals surface area (Å²) in [6, 6.07) is 9.32. The molecule has 0 radical (unpaired) electrons. The number of para-hydroxylation sites is 1. The third-order valence-electron chi connectivity index (χ3n) is 4.17. The van der Waals surface area contributed by atoms with Crippen molar-refractivity contribution >= 4 is 22.9 Å². The van der Waals surface area contributed by atoms with Gasteiger partial charge in [0, 0.05) is 12.6 Å². The minimum absolute atomic E-state index is 0.0696. The second-order valence-electron chi connectivity index (χ2n) is 7.83. The summed E-state index contributed by atoms with van der Waals surface area (Å²) >= 11 is 0. The maximum Gasteiger partial charge on any atom is 0.417 e. The van der Waals surface area contributed by atoms with E-state index in [-0.39, 0.29) is 23.6 Å². The highest BCUT2D eigenvalue weighted by atomic mass is 19.1. The monoisotopic (exact) mass is 415 g/mol. The maximum atomic E-state index is 13.9. The summed E-state index contributed by atoms with van der Waals surface area (Å²) in [7, 11) is 0. The molecule has 2 aromatic carbocycles. The first-order chi connectivity index (χ1) is 14.1. The summed E-state index contributed by atoms with van der Waals surface area (Å²) in [5.74, 6) is -1.77. The van der Waals surface area contributed by atoms with Crippen LogP contribution in [0.5, 0.6) is 0 Å². The lowest BCUT2D eigenvalue weighted by molar-refractivity contribution is 0.0577. The van der Waals surface area contributed by atoms with Crippen molar-refractivity contribution in [1.82, 2.24) is 9.55 Å². The van der Waals surface area contributed by atoms with Crippen LogP contribution in [0.2, 0.25) is 0 Å². The standard InChI is InChI=1S/C22H23F2N3O3/c1-5-10-26(21(29)30-22(2,3)4)20-25-18-9-7-6-8-17(18)19(28)27(20)16-12-14(23)11-15(24)13-16/h6-9,11-13H,5,10H2,1-4H3. The molecular formula is C22H23F2N3O3. The van der Waals surface area contributed by atoms with Crippen LogP contribution in [0.3, 0.4) is 0 Å². The molecule has 0 bridgehead atoms. The largest absolute Gasteiger partial charge is 0.443 e. The molecule has 0 aliphatic rings. The normalized spacial score (nSPS) is 11.5. The van der Waals surface area contributed by atoms with Crippen LogP contribution in [0, 0.1) is 11.6 Å². The number of fused-ring (bicyclic) bond motifs is 1. The molecule has 1 amide bonds. The van der Waals surface area contributed by atoms with Gasteiger partial charge in [0.2, 0.25) is 5.95 Å². The predicted octanol–water partition coefficient (Wildman–Crippen LogP) is 4.82. The van der Waals surface area contributed by atoms with Crippen molar-refractivity contribution in [1.29, 1.82) is 0 Å². The molecule has 0 unspecified atom stereocenters. The first kappa shape index (κ1) is 21.4. The zero-order valence-electron chi connectivity index (χ0n) is 17.3. The summed E-state index contributed by atoms with van der Waals surface area (Å²) in [5, 5.41) is 0.256. The molecule has 8 heteroatoms. The van der Waals surface area contributed by atoms with Crippen LogP contribution < -0.4 is 10.5 Å². The van der Waals surface area contributed by atoms with E-state index in [0.717, 1.165) is 16.7 Å². The Hall–Kier alpha value is -3.29. The zero-order chi connectivity index (χ0) is 22.1. The van der Waals surface area contributed by atoms with Crippen molar-refractivity contribution in [2.75, 3.05) is 11.4 Å². The highest BCUT2D eigenvalue weighted by molar-refractivity contribution is 5.88. The maximum absolute atomic E-state index is 13.9. The van der Waals surface area contributed by atoms with Gasteiger partial charge in [-0.1, -0.05) is 19.1 Å². The average molecular weight is 415 g/mol. The van der Waals surface area contributed by atoms with Gasteiger partial charge in [0.05, 0.1) is 16.6 Å². The lowest BCUT2D eigenvalue weighted by atomic mass is 10.2. The van der Waals surface area contributed by atoms with Crippen LogP contribution in [0.1, 0.15) is 34.1 Å². The van der Waals surface area contributed by atoms with Crippen molar-refractivity contribution in [3.05, 3.63) is 64.5 Å². The lowest BCUT2D eigenvalue weighted by Gasteiger charge is -2.28. The number of ether oxygens (including phenoxy) is 1. The highest BCUT2D eigenvalue weighted by Crippen LogP contribution is 2.23. The van der Waals surface area contributed by atoms with E-state index in [1.54, 1.807) is 45.0 Å². The number of hydrogen-bond donors (Lipinski definition) is 0. The van der Waals surface area contributed by atoms with E-state index < -0.39 is 28.9 Å². The second-order valence-corrected chi connectivity index (χ2v) is 7.83. The van der Waals surface area contributed by atoms with Crippen LogP contribution >= 0.6 is 0 Å². The van der Waals surface area contributed by atoms with E-state index in [2.05, 4.69) is 4.98 Å². The lowest BCUT2D eigenvalue weighted by Crippen LogP contribution is -2.41. The minimum Gasteiger partial charge on any atom is -0.443 e. The first-order valence-corrected chi connectivity index (χ1v) is 9.59. The van der Waals surface area contributed by atoms with Crippen molar-refractivity contribution in [3.63, 3.8) is 0 Å². The topological polar surface area (TPSA) is 64.4 Å². The molecular weight excluding hydrogens is 392 g/mol. The molecule has 0 saturated heterocycles. The van der Waals surface area contributed by atoms with E-state index in [0.29, 0.717) is 18.0 Å². The summed E-state index contributed by atoms with van der Waals surface area (Å²) in [6.07, 6.45) is -0.170. The second kappa shape index (κ2) is 8.22. The van der Waals surface area contributed by atoms with Crippen LogP contribution in [-0.2, 0) is 4.74 Å². The van der Waals surface area contributed by atoms with Gasteiger partial charge in [-0.05, 0) is 51.5 Å². The van der Waals surface area contributed by atoms with Crippen LogP contribution in [0.4, 0.5) is 19.5 Å². The number of amides is 1. The van der Waals surface area contributed by atoms with Crippen LogP contribution in [0.25, 0.3) is 16.6 Å². The number of carbonyl (C=O) groups is 1. The molecule has 6 nitrogen and oxygen atoms in total. The smallest absolute Gasteiger partial charge is 0.417 e. The number of rotatable bonds is 4. The quantitative estimate of drug-likeness (QED) is 0.613. The SMILES string of the molecule is CCCN(C(=O)OC(C)(C)C)c1nc2ccccc2c(=O)n1-c1cc(F)cc(F)c1. The van der Waals surface area contributed by atoms with Gasteiger partial charge in [-0.2, -0.15) is 0 Å². The number of anilines is 1. The van der Waals surface area contributed by atoms with E-state index in [9.17, 15) is 18.4 Å². The molecule has 0 spiro atoms. The number of halogens is 2. The Bertz CT molecular complexity index is 1130. The Morgan fingerprint density at radius 2 is 1.77 bits per heavy atom. The van der Waals surface area contributed by atoms with Crippen molar-refractivity contribution in [2.45, 2.75) is 39.7 Å². The van der Waals surface area contributed by atoms with Gasteiger partial charge in [0.1, 0.15) is 17.2 Å². The van der Waals surface area contributed by atoms with Crippen molar-refractivity contribution < 1.29 is 18.3 Å². The third kappa shape index (κ3) is 4.48. The Morgan fingerprint density at radius 1 is 1.13 bits per heavy atom. The van der Waals surface area contributed by atoms with Gasteiger partial charge in [0.15, 0.2) is 0 Å². The van der Waals surface area contributed by atoms with E-state index in [1.807, 2.05) is 6.92 Å². The Balaban J connectivity index is 2.33. The van der Waals surface area contributed by atoms with Gasteiger partial charge in [-0.3, -0.25) is 4.79 Å². The van der Waals surface area contributed by atoms with Gasteiger partial charge >= 0.3 is 6.09 Å². The number of nitrogens with zero attached hydrogens (tertiary/aromatic N) is 3. The molecule has 0 saturated carbocycles. The summed E-state index contributed by atoms with van der Waals surface area (Å²) in [5.41, 5.74) is -1.05. The molecule has 30 heavy (non-hydrogen) atoms. The molecule has 3 aromatic rings. The molecule has 3 rings (SSSR count). The number of benzene rings is 2. The number of hydrogen-bond acceptors (Lipinski definition) is 4. The first-order valence-electron chi connectivity index (χ1n) is 9.59. The summed E-state index contributed by atoms with van der Waals surface area (Å²) < 4.78 is 34.4. The number of aromatic nitrogens is 2. The van der Waals surface area contributed by atoms with Gasteiger partial charge in [0.25, 0.3) is 5.56 Å². The van der Waals surface area contributed by atoms with Crippen molar-refractivity contribution in [2.24, 2.45) is 0 Å². The Kier molecular flexibility index (Phi) is 5.87. The van der Waals surface area contributed by atoms with E-state index in [4.69, 9.17) is 4.74 Å². The highest BCUT2D eigenvalue weighted by Gasteiger charge is 2.28. The van der Waals surface area contributed by atoms with E-state index >= 15 is 0 Å². The molecule has 1 heterocycles. The minimum atomic E-state index is -0.852. The third-order valence-corrected chi connectivity index (χ3v) is 4.17. The molecule has 0 atom stereocenters. The summed E-state index contributed by atoms with van der Waals surface area (Å²) in [6.45, 7) is 7.20. The van der Waals surface area contributed by atoms with Crippen molar-refractivity contribution in [3.8, 4) is 5.69 Å². The molecule has 0 aliphatic heterocycles. The average Bonchev–Trinajstić information content (AvgIpc) is 2.63. The fourth-order valence-corrected chi connectivity index (χ4v) is 3.02. The number of carbonyl (C=O) groups excluding carboxylic acids is 1. The molecule has 0 fully saturated rings. The Morgan fingerprint density at radius 3 is 2.37 bits per heavy atom. The van der Waals surface area contributed by atoms with Gasteiger partial charge in [-0.25, -0.2) is 28.0 Å². The van der Waals surface area contributed by atoms with Crippen LogP contribution in [0.15, 0.2) is 47.3 Å².